The lowest BCUT2D eigenvalue weighted by atomic mass is 10.1. The summed E-state index contributed by atoms with van der Waals surface area (Å²) in [6.07, 6.45) is 4.89. The minimum atomic E-state index is -0.315. The minimum Gasteiger partial charge on any atom is -0.289 e. The quantitative estimate of drug-likeness (QED) is 0.349. The Bertz CT molecular complexity index is 1230. The molecule has 0 fully saturated rings. The zero-order valence-corrected chi connectivity index (χ0v) is 17.0. The van der Waals surface area contributed by atoms with Crippen molar-refractivity contribution in [1.82, 2.24) is 19.6 Å². The number of hydrogen-bond donors (Lipinski definition) is 0. The first kappa shape index (κ1) is 19.5. The molecule has 2 heterocycles. The van der Waals surface area contributed by atoms with Crippen molar-refractivity contribution in [1.29, 1.82) is 0 Å². The molecule has 2 aromatic heterocycles. The van der Waals surface area contributed by atoms with Crippen molar-refractivity contribution in [2.45, 2.75) is 20.8 Å². The number of hydrogen-bond acceptors (Lipinski definition) is 3. The molecule has 0 bridgehead atoms. The number of carbonyl (C=O) groups is 1. The molecule has 0 spiro atoms. The van der Waals surface area contributed by atoms with E-state index in [4.69, 9.17) is 0 Å². The van der Waals surface area contributed by atoms with Crippen LogP contribution in [0.5, 0.6) is 0 Å². The van der Waals surface area contributed by atoms with Gasteiger partial charge >= 0.3 is 0 Å². The monoisotopic (exact) mass is 400 g/mol. The number of carbonyl (C=O) groups excluding carboxylic acids is 1. The van der Waals surface area contributed by atoms with E-state index in [1.54, 1.807) is 35.2 Å². The Morgan fingerprint density at radius 2 is 1.57 bits per heavy atom. The van der Waals surface area contributed by atoms with Crippen LogP contribution in [0.1, 0.15) is 33.0 Å². The molecular weight excluding hydrogens is 379 g/mol. The van der Waals surface area contributed by atoms with Crippen LogP contribution in [0.15, 0.2) is 66.9 Å². The first-order valence-electron chi connectivity index (χ1n) is 9.60. The van der Waals surface area contributed by atoms with E-state index in [9.17, 15) is 9.18 Å². The lowest BCUT2D eigenvalue weighted by Gasteiger charge is -2.04. The van der Waals surface area contributed by atoms with Crippen LogP contribution >= 0.6 is 0 Å². The normalized spacial score (nSPS) is 11.3. The van der Waals surface area contributed by atoms with Crippen LogP contribution in [0.2, 0.25) is 0 Å². The maximum atomic E-state index is 13.2. The highest BCUT2D eigenvalue weighted by Gasteiger charge is 2.15. The fourth-order valence-corrected chi connectivity index (χ4v) is 3.46. The van der Waals surface area contributed by atoms with Gasteiger partial charge in [0, 0.05) is 11.3 Å². The molecule has 0 aliphatic carbocycles. The molecule has 0 radical (unpaired) electrons. The van der Waals surface area contributed by atoms with Gasteiger partial charge in [0.1, 0.15) is 5.82 Å². The Balaban J connectivity index is 1.61. The second-order valence-corrected chi connectivity index (χ2v) is 7.06. The van der Waals surface area contributed by atoms with Gasteiger partial charge in [0.05, 0.1) is 34.5 Å². The summed E-state index contributed by atoms with van der Waals surface area (Å²) in [4.78, 5) is 12.8. The minimum absolute atomic E-state index is 0.146. The molecule has 0 aliphatic heterocycles. The fourth-order valence-electron chi connectivity index (χ4n) is 3.46. The second-order valence-electron chi connectivity index (χ2n) is 7.06. The first-order chi connectivity index (χ1) is 14.5. The first-order valence-corrected chi connectivity index (χ1v) is 9.60. The molecule has 6 heteroatoms. The molecule has 5 nitrogen and oxygen atoms in total. The van der Waals surface area contributed by atoms with Crippen molar-refractivity contribution in [3.05, 3.63) is 101 Å². The van der Waals surface area contributed by atoms with Crippen molar-refractivity contribution in [2.24, 2.45) is 0 Å². The van der Waals surface area contributed by atoms with E-state index in [2.05, 4.69) is 10.2 Å². The van der Waals surface area contributed by atoms with Crippen LogP contribution in [-0.4, -0.2) is 25.3 Å². The highest BCUT2D eigenvalue weighted by molar-refractivity contribution is 6.07. The molecule has 30 heavy (non-hydrogen) atoms. The number of aromatic nitrogens is 4. The van der Waals surface area contributed by atoms with Crippen molar-refractivity contribution < 1.29 is 9.18 Å². The zero-order chi connectivity index (χ0) is 21.3. The fraction of sp³-hybridized carbons (Fsp3) is 0.125. The number of nitrogens with zero attached hydrogens (tertiary/aromatic N) is 4. The molecule has 0 N–H and O–H groups in total. The Morgan fingerprint density at radius 3 is 2.27 bits per heavy atom. The van der Waals surface area contributed by atoms with Gasteiger partial charge in [0.2, 0.25) is 0 Å². The van der Waals surface area contributed by atoms with E-state index < -0.39 is 0 Å². The molecule has 0 aliphatic rings. The number of benzene rings is 2. The number of ketones is 1. The van der Waals surface area contributed by atoms with Crippen LogP contribution in [-0.2, 0) is 0 Å². The highest BCUT2D eigenvalue weighted by Crippen LogP contribution is 2.20. The van der Waals surface area contributed by atoms with Gasteiger partial charge in [-0.1, -0.05) is 18.2 Å². The molecule has 0 unspecified atom stereocenters. The predicted octanol–water partition coefficient (Wildman–Crippen LogP) is 5.02. The van der Waals surface area contributed by atoms with Crippen molar-refractivity contribution in [3.8, 4) is 11.4 Å². The number of aryl methyl sites for hydroxylation is 1. The lowest BCUT2D eigenvalue weighted by Crippen LogP contribution is -2.02. The van der Waals surface area contributed by atoms with Gasteiger partial charge in [-0.3, -0.25) is 4.79 Å². The van der Waals surface area contributed by atoms with Crippen LogP contribution in [0.25, 0.3) is 17.5 Å². The number of halogens is 1. The van der Waals surface area contributed by atoms with Gasteiger partial charge in [0.25, 0.3) is 0 Å². The summed E-state index contributed by atoms with van der Waals surface area (Å²) in [5.41, 5.74) is 5.59. The van der Waals surface area contributed by atoms with Crippen LogP contribution in [0, 0.1) is 26.6 Å². The molecule has 150 valence electrons. The van der Waals surface area contributed by atoms with Crippen LogP contribution in [0.3, 0.4) is 0 Å². The lowest BCUT2D eigenvalue weighted by molar-refractivity contribution is 0.104. The SMILES string of the molecule is Cc1nn(-c2ccccc2)c(C)c1/C=C/C(=O)c1cnn(-c2ccc(F)cc2)c1C. The van der Waals surface area contributed by atoms with E-state index in [-0.39, 0.29) is 11.6 Å². The average Bonchev–Trinajstić information content (AvgIpc) is 3.27. The third kappa shape index (κ3) is 3.59. The molecule has 4 rings (SSSR count). The van der Waals surface area contributed by atoms with Crippen molar-refractivity contribution >= 4 is 11.9 Å². The Morgan fingerprint density at radius 1 is 0.900 bits per heavy atom. The van der Waals surface area contributed by atoms with Gasteiger partial charge in [0.15, 0.2) is 5.78 Å². The summed E-state index contributed by atoms with van der Waals surface area (Å²) in [5, 5.41) is 8.90. The highest BCUT2D eigenvalue weighted by atomic mass is 19.1. The summed E-state index contributed by atoms with van der Waals surface area (Å²) in [6, 6.07) is 15.9. The zero-order valence-electron chi connectivity index (χ0n) is 17.0. The van der Waals surface area contributed by atoms with Gasteiger partial charge in [-0.05, 0) is 69.3 Å². The third-order valence-electron chi connectivity index (χ3n) is 5.10. The summed E-state index contributed by atoms with van der Waals surface area (Å²) in [7, 11) is 0. The largest absolute Gasteiger partial charge is 0.289 e. The predicted molar refractivity (Wildman–Crippen MR) is 115 cm³/mol. The van der Waals surface area contributed by atoms with Gasteiger partial charge in [-0.2, -0.15) is 10.2 Å². The average molecular weight is 400 g/mol. The van der Waals surface area contributed by atoms with Crippen molar-refractivity contribution in [3.63, 3.8) is 0 Å². The number of allylic oxidation sites excluding steroid dienone is 1. The Labute approximate surface area is 174 Å². The standard InChI is InChI=1S/C24H21FN4O/c1-16-22(17(2)29(27-16)20-7-5-4-6-8-20)13-14-24(30)23-15-26-28(18(23)3)21-11-9-19(25)10-12-21/h4-15H,1-3H3/b14-13+. The van der Waals surface area contributed by atoms with E-state index in [1.165, 1.54) is 12.1 Å². The Hall–Kier alpha value is -3.80. The summed E-state index contributed by atoms with van der Waals surface area (Å²) >= 11 is 0. The van der Waals surface area contributed by atoms with Gasteiger partial charge in [-0.15, -0.1) is 0 Å². The van der Waals surface area contributed by atoms with E-state index in [0.29, 0.717) is 16.9 Å². The van der Waals surface area contributed by atoms with Crippen LogP contribution < -0.4 is 0 Å². The van der Waals surface area contributed by atoms with E-state index in [1.807, 2.05) is 55.8 Å². The summed E-state index contributed by atoms with van der Waals surface area (Å²) < 4.78 is 16.7. The molecule has 0 saturated heterocycles. The smallest absolute Gasteiger partial charge is 0.189 e. The molecule has 0 amide bonds. The number of para-hydroxylation sites is 1. The van der Waals surface area contributed by atoms with Gasteiger partial charge < -0.3 is 0 Å². The van der Waals surface area contributed by atoms with E-state index in [0.717, 1.165) is 22.6 Å². The number of rotatable bonds is 5. The Kier molecular flexibility index (Phi) is 5.14. The maximum Gasteiger partial charge on any atom is 0.189 e. The van der Waals surface area contributed by atoms with Crippen molar-refractivity contribution in [2.75, 3.05) is 0 Å². The molecule has 0 saturated carbocycles. The molecular formula is C24H21FN4O. The molecule has 2 aromatic carbocycles. The molecule has 0 atom stereocenters. The van der Waals surface area contributed by atoms with Crippen LogP contribution in [0.4, 0.5) is 4.39 Å². The third-order valence-corrected chi connectivity index (χ3v) is 5.10. The summed E-state index contributed by atoms with van der Waals surface area (Å²) in [6.45, 7) is 5.73. The van der Waals surface area contributed by atoms with E-state index >= 15 is 0 Å². The summed E-state index contributed by atoms with van der Waals surface area (Å²) in [5.74, 6) is -0.461. The van der Waals surface area contributed by atoms with Gasteiger partial charge in [-0.25, -0.2) is 13.8 Å². The second kappa shape index (κ2) is 7.91. The molecule has 4 aromatic rings. The maximum absolute atomic E-state index is 13.2. The topological polar surface area (TPSA) is 52.7 Å².